The van der Waals surface area contributed by atoms with Crippen LogP contribution in [0.4, 0.5) is 16.2 Å². The summed E-state index contributed by atoms with van der Waals surface area (Å²) in [4.78, 5) is 14.6. The number of piperidine rings is 1. The second kappa shape index (κ2) is 8.77. The number of carbonyl (C=O) groups is 1. The van der Waals surface area contributed by atoms with Crippen LogP contribution in [0.2, 0.25) is 0 Å². The number of rotatable bonds is 6. The van der Waals surface area contributed by atoms with E-state index in [1.54, 1.807) is 0 Å². The van der Waals surface area contributed by atoms with Crippen molar-refractivity contribution < 1.29 is 9.90 Å². The molecule has 1 aliphatic heterocycles. The fourth-order valence-corrected chi connectivity index (χ4v) is 3.08. The summed E-state index contributed by atoms with van der Waals surface area (Å²) >= 11 is 0. The van der Waals surface area contributed by atoms with E-state index in [2.05, 4.69) is 35.4 Å². The van der Waals surface area contributed by atoms with Crippen molar-refractivity contribution in [2.75, 3.05) is 29.9 Å². The van der Waals surface area contributed by atoms with Gasteiger partial charge >= 0.3 is 6.03 Å². The Morgan fingerprint density at radius 3 is 2.57 bits per heavy atom. The molecule has 1 aromatic rings. The van der Waals surface area contributed by atoms with Gasteiger partial charge in [-0.15, -0.1) is 0 Å². The van der Waals surface area contributed by atoms with Gasteiger partial charge in [0.2, 0.25) is 0 Å². The molecule has 5 nitrogen and oxygen atoms in total. The third-order valence-corrected chi connectivity index (χ3v) is 4.16. The Hall–Kier alpha value is -1.75. The first kappa shape index (κ1) is 17.6. The minimum Gasteiger partial charge on any atom is -0.394 e. The van der Waals surface area contributed by atoms with E-state index in [0.29, 0.717) is 5.92 Å². The Balaban J connectivity index is 2.00. The molecule has 0 radical (unpaired) electrons. The number of nitrogens with zero attached hydrogens (tertiary/aromatic N) is 1. The molecule has 5 heteroatoms. The highest BCUT2D eigenvalue weighted by Gasteiger charge is 2.17. The van der Waals surface area contributed by atoms with Gasteiger partial charge in [0, 0.05) is 13.1 Å². The molecule has 1 fully saturated rings. The Kier molecular flexibility index (Phi) is 6.71. The summed E-state index contributed by atoms with van der Waals surface area (Å²) in [6.07, 6.45) is 4.43. The van der Waals surface area contributed by atoms with Gasteiger partial charge in [0.05, 0.1) is 24.0 Å². The molecular weight excluding hydrogens is 290 g/mol. The molecule has 0 spiro atoms. The number of benzene rings is 1. The van der Waals surface area contributed by atoms with E-state index in [1.165, 1.54) is 19.3 Å². The van der Waals surface area contributed by atoms with Crippen LogP contribution in [0.1, 0.15) is 39.5 Å². The zero-order valence-corrected chi connectivity index (χ0v) is 14.2. The molecule has 3 N–H and O–H groups in total. The van der Waals surface area contributed by atoms with E-state index in [1.807, 2.05) is 18.2 Å². The van der Waals surface area contributed by atoms with Crippen LogP contribution in [-0.4, -0.2) is 36.9 Å². The summed E-state index contributed by atoms with van der Waals surface area (Å²) in [5.41, 5.74) is 1.90. The van der Waals surface area contributed by atoms with Crippen LogP contribution in [-0.2, 0) is 0 Å². The van der Waals surface area contributed by atoms with Gasteiger partial charge in [0.25, 0.3) is 0 Å². The number of aliphatic hydroxyl groups excluding tert-OH is 1. The number of urea groups is 1. The monoisotopic (exact) mass is 319 g/mol. The Bertz CT molecular complexity index is 499. The van der Waals surface area contributed by atoms with Crippen LogP contribution >= 0.6 is 0 Å². The second-order valence-corrected chi connectivity index (χ2v) is 6.67. The van der Waals surface area contributed by atoms with Crippen LogP contribution in [0.25, 0.3) is 0 Å². The maximum atomic E-state index is 12.2. The Labute approximate surface area is 139 Å². The van der Waals surface area contributed by atoms with Crippen molar-refractivity contribution in [3.63, 3.8) is 0 Å². The van der Waals surface area contributed by atoms with Gasteiger partial charge in [-0.25, -0.2) is 4.79 Å². The lowest BCUT2D eigenvalue weighted by molar-refractivity contribution is 0.214. The van der Waals surface area contributed by atoms with Crippen molar-refractivity contribution in [3.8, 4) is 0 Å². The summed E-state index contributed by atoms with van der Waals surface area (Å²) in [6, 6.07) is 7.45. The van der Waals surface area contributed by atoms with Crippen molar-refractivity contribution in [2.24, 2.45) is 5.92 Å². The van der Waals surface area contributed by atoms with Gasteiger partial charge < -0.3 is 20.6 Å². The minimum atomic E-state index is -0.255. The van der Waals surface area contributed by atoms with E-state index in [9.17, 15) is 9.90 Å². The zero-order chi connectivity index (χ0) is 16.7. The predicted octanol–water partition coefficient (Wildman–Crippen LogP) is 3.21. The molecule has 1 atom stereocenters. The minimum absolute atomic E-state index is 0.0423. The molecule has 0 aromatic heterocycles. The average Bonchev–Trinajstić information content (AvgIpc) is 2.55. The first-order chi connectivity index (χ1) is 11.1. The van der Waals surface area contributed by atoms with E-state index in [-0.39, 0.29) is 18.7 Å². The summed E-state index contributed by atoms with van der Waals surface area (Å²) in [7, 11) is 0. The SMILES string of the molecule is CC(C)CC(CO)NC(=O)Nc1ccccc1N1CCCCC1. The summed E-state index contributed by atoms with van der Waals surface area (Å²) in [5, 5.41) is 15.2. The topological polar surface area (TPSA) is 64.6 Å². The second-order valence-electron chi connectivity index (χ2n) is 6.67. The van der Waals surface area contributed by atoms with Crippen LogP contribution in [0, 0.1) is 5.92 Å². The van der Waals surface area contributed by atoms with Gasteiger partial charge in [0.1, 0.15) is 0 Å². The number of amides is 2. The summed E-state index contributed by atoms with van der Waals surface area (Å²) in [6.45, 7) is 6.18. The highest BCUT2D eigenvalue weighted by atomic mass is 16.3. The molecule has 1 saturated heterocycles. The number of aliphatic hydroxyl groups is 1. The fraction of sp³-hybridized carbons (Fsp3) is 0.611. The molecule has 2 amide bonds. The number of para-hydroxylation sites is 2. The first-order valence-electron chi connectivity index (χ1n) is 8.62. The van der Waals surface area contributed by atoms with Gasteiger partial charge in [0.15, 0.2) is 0 Å². The van der Waals surface area contributed by atoms with Gasteiger partial charge in [-0.05, 0) is 43.7 Å². The number of hydrogen-bond acceptors (Lipinski definition) is 3. The normalized spacial score (nSPS) is 16.3. The van der Waals surface area contributed by atoms with Crippen molar-refractivity contribution in [3.05, 3.63) is 24.3 Å². The molecule has 23 heavy (non-hydrogen) atoms. The maximum absolute atomic E-state index is 12.2. The van der Waals surface area contributed by atoms with Crippen LogP contribution in [0.15, 0.2) is 24.3 Å². The van der Waals surface area contributed by atoms with E-state index < -0.39 is 0 Å². The molecule has 1 aliphatic rings. The van der Waals surface area contributed by atoms with Crippen LogP contribution in [0.5, 0.6) is 0 Å². The maximum Gasteiger partial charge on any atom is 0.319 e. The van der Waals surface area contributed by atoms with E-state index in [4.69, 9.17) is 0 Å². The van der Waals surface area contributed by atoms with Gasteiger partial charge in [-0.2, -0.15) is 0 Å². The molecule has 0 bridgehead atoms. The van der Waals surface area contributed by atoms with Crippen molar-refractivity contribution >= 4 is 17.4 Å². The quantitative estimate of drug-likeness (QED) is 0.754. The van der Waals surface area contributed by atoms with Crippen molar-refractivity contribution in [1.29, 1.82) is 0 Å². The lowest BCUT2D eigenvalue weighted by atomic mass is 10.0. The fourth-order valence-electron chi connectivity index (χ4n) is 3.08. The molecule has 1 unspecified atom stereocenters. The molecule has 2 rings (SSSR count). The third-order valence-electron chi connectivity index (χ3n) is 4.16. The summed E-state index contributed by atoms with van der Waals surface area (Å²) < 4.78 is 0. The molecule has 1 heterocycles. The highest BCUT2D eigenvalue weighted by Crippen LogP contribution is 2.28. The number of hydrogen-bond donors (Lipinski definition) is 3. The molecule has 128 valence electrons. The van der Waals surface area contributed by atoms with Crippen LogP contribution in [0.3, 0.4) is 0 Å². The number of carbonyl (C=O) groups excluding carboxylic acids is 1. The van der Waals surface area contributed by atoms with Crippen molar-refractivity contribution in [2.45, 2.75) is 45.6 Å². The lowest BCUT2D eigenvalue weighted by Gasteiger charge is -2.30. The van der Waals surface area contributed by atoms with E-state index in [0.717, 1.165) is 30.9 Å². The predicted molar refractivity (Wildman–Crippen MR) is 95.0 cm³/mol. The summed E-state index contributed by atoms with van der Waals surface area (Å²) in [5.74, 6) is 0.424. The lowest BCUT2D eigenvalue weighted by Crippen LogP contribution is -2.41. The number of nitrogens with one attached hydrogen (secondary N) is 2. The molecular formula is C18H29N3O2. The molecule has 0 aliphatic carbocycles. The van der Waals surface area contributed by atoms with Gasteiger partial charge in [-0.3, -0.25) is 0 Å². The van der Waals surface area contributed by atoms with Crippen molar-refractivity contribution in [1.82, 2.24) is 5.32 Å². The smallest absolute Gasteiger partial charge is 0.319 e. The average molecular weight is 319 g/mol. The number of anilines is 2. The highest BCUT2D eigenvalue weighted by molar-refractivity contribution is 5.93. The van der Waals surface area contributed by atoms with E-state index >= 15 is 0 Å². The largest absolute Gasteiger partial charge is 0.394 e. The zero-order valence-electron chi connectivity index (χ0n) is 14.2. The van der Waals surface area contributed by atoms with Gasteiger partial charge in [-0.1, -0.05) is 26.0 Å². The van der Waals surface area contributed by atoms with Crippen LogP contribution < -0.4 is 15.5 Å². The Morgan fingerprint density at radius 2 is 1.91 bits per heavy atom. The third kappa shape index (κ3) is 5.43. The molecule has 1 aromatic carbocycles. The standard InChI is InChI=1S/C18H29N3O2/c1-14(2)12-15(13-22)19-18(23)20-16-8-4-5-9-17(16)21-10-6-3-7-11-21/h4-5,8-9,14-15,22H,3,6-7,10-13H2,1-2H3,(H2,19,20,23). The first-order valence-corrected chi connectivity index (χ1v) is 8.62. The molecule has 0 saturated carbocycles. The Morgan fingerprint density at radius 1 is 1.22 bits per heavy atom.